The van der Waals surface area contributed by atoms with E-state index in [0.29, 0.717) is 6.54 Å². The molecule has 0 aliphatic heterocycles. The summed E-state index contributed by atoms with van der Waals surface area (Å²) in [5.74, 6) is 0.0218. The van der Waals surface area contributed by atoms with Gasteiger partial charge in [0, 0.05) is 26.6 Å². The number of hydrogen-bond donors (Lipinski definition) is 2. The highest BCUT2D eigenvalue weighted by Gasteiger charge is 1.99. The molecule has 2 N–H and O–H groups in total. The average Bonchev–Trinajstić information content (AvgIpc) is 2.23. The van der Waals surface area contributed by atoms with Gasteiger partial charge in [-0.2, -0.15) is 0 Å². The van der Waals surface area contributed by atoms with Crippen molar-refractivity contribution in [2.24, 2.45) is 0 Å². The van der Waals surface area contributed by atoms with Gasteiger partial charge in [0.15, 0.2) is 0 Å². The Hall–Kier alpha value is -1.35. The molecule has 0 aliphatic carbocycles. The first-order chi connectivity index (χ1) is 7.61. The highest BCUT2D eigenvalue weighted by atomic mass is 16.1. The van der Waals surface area contributed by atoms with Gasteiger partial charge >= 0.3 is 0 Å². The number of benzene rings is 1. The van der Waals surface area contributed by atoms with E-state index in [1.807, 2.05) is 0 Å². The second-order valence-electron chi connectivity index (χ2n) is 4.02. The highest BCUT2D eigenvalue weighted by Crippen LogP contribution is 2.11. The summed E-state index contributed by atoms with van der Waals surface area (Å²) in [5.41, 5.74) is 3.98. The molecule has 0 saturated heterocycles. The second-order valence-corrected chi connectivity index (χ2v) is 4.02. The van der Waals surface area contributed by atoms with Crippen molar-refractivity contribution in [1.82, 2.24) is 10.6 Å². The molecule has 1 aromatic carbocycles. The summed E-state index contributed by atoms with van der Waals surface area (Å²) >= 11 is 0. The Labute approximate surface area is 97.2 Å². The van der Waals surface area contributed by atoms with Gasteiger partial charge in [0.2, 0.25) is 5.91 Å². The summed E-state index contributed by atoms with van der Waals surface area (Å²) in [5, 5.41) is 6.07. The van der Waals surface area contributed by atoms with Crippen LogP contribution in [0.25, 0.3) is 0 Å². The summed E-state index contributed by atoms with van der Waals surface area (Å²) < 4.78 is 0. The maximum Gasteiger partial charge on any atom is 0.216 e. The van der Waals surface area contributed by atoms with Crippen molar-refractivity contribution >= 4 is 5.91 Å². The molecule has 0 fully saturated rings. The maximum absolute atomic E-state index is 10.6. The molecule has 0 aromatic heterocycles. The van der Waals surface area contributed by atoms with Crippen molar-refractivity contribution in [3.8, 4) is 0 Å². The quantitative estimate of drug-likeness (QED) is 0.739. The van der Waals surface area contributed by atoms with Crippen LogP contribution in [0.4, 0.5) is 0 Å². The van der Waals surface area contributed by atoms with E-state index in [0.717, 1.165) is 13.1 Å². The minimum atomic E-state index is 0.0218. The number of aryl methyl sites for hydroxylation is 1. The van der Waals surface area contributed by atoms with Gasteiger partial charge in [-0.25, -0.2) is 0 Å². The van der Waals surface area contributed by atoms with Crippen LogP contribution in [-0.2, 0) is 11.3 Å². The fraction of sp³-hybridized carbons (Fsp3) is 0.462. The predicted octanol–water partition coefficient (Wildman–Crippen LogP) is 1.53. The van der Waals surface area contributed by atoms with Crippen LogP contribution in [0.15, 0.2) is 18.2 Å². The smallest absolute Gasteiger partial charge is 0.216 e. The number of amides is 1. The molecule has 3 nitrogen and oxygen atoms in total. The van der Waals surface area contributed by atoms with Crippen molar-refractivity contribution in [1.29, 1.82) is 0 Å². The lowest BCUT2D eigenvalue weighted by atomic mass is 10.0. The van der Waals surface area contributed by atoms with Crippen LogP contribution in [0.3, 0.4) is 0 Å². The molecule has 1 amide bonds. The first-order valence-electron chi connectivity index (χ1n) is 5.61. The van der Waals surface area contributed by atoms with Gasteiger partial charge in [-0.05, 0) is 30.5 Å². The third kappa shape index (κ3) is 4.03. The summed E-state index contributed by atoms with van der Waals surface area (Å²) in [7, 11) is 0. The number of carbonyl (C=O) groups is 1. The van der Waals surface area contributed by atoms with E-state index in [1.165, 1.54) is 23.6 Å². The van der Waals surface area contributed by atoms with Gasteiger partial charge in [0.05, 0.1) is 0 Å². The second kappa shape index (κ2) is 6.28. The van der Waals surface area contributed by atoms with E-state index >= 15 is 0 Å². The molecule has 1 rings (SSSR count). The molecular formula is C13H20N2O. The van der Waals surface area contributed by atoms with Crippen LogP contribution in [-0.4, -0.2) is 19.0 Å². The fourth-order valence-corrected chi connectivity index (χ4v) is 1.55. The largest absolute Gasteiger partial charge is 0.355 e. The van der Waals surface area contributed by atoms with Crippen molar-refractivity contribution < 1.29 is 4.79 Å². The minimum absolute atomic E-state index is 0.0218. The lowest BCUT2D eigenvalue weighted by Gasteiger charge is -2.09. The van der Waals surface area contributed by atoms with E-state index in [-0.39, 0.29) is 5.91 Å². The van der Waals surface area contributed by atoms with Crippen LogP contribution in [0, 0.1) is 13.8 Å². The van der Waals surface area contributed by atoms with Crippen LogP contribution >= 0.6 is 0 Å². The van der Waals surface area contributed by atoms with E-state index in [9.17, 15) is 4.79 Å². The molecule has 3 heteroatoms. The van der Waals surface area contributed by atoms with Crippen LogP contribution < -0.4 is 10.6 Å². The molecule has 88 valence electrons. The Morgan fingerprint density at radius 3 is 2.69 bits per heavy atom. The predicted molar refractivity (Wildman–Crippen MR) is 66.3 cm³/mol. The molecule has 0 atom stereocenters. The Morgan fingerprint density at radius 1 is 1.25 bits per heavy atom. The first kappa shape index (κ1) is 12.7. The highest BCUT2D eigenvalue weighted by molar-refractivity contribution is 5.72. The Bertz CT molecular complexity index is 361. The zero-order valence-corrected chi connectivity index (χ0v) is 10.3. The molecule has 0 saturated carbocycles. The van der Waals surface area contributed by atoms with E-state index in [1.54, 1.807) is 0 Å². The average molecular weight is 220 g/mol. The van der Waals surface area contributed by atoms with Gasteiger partial charge in [-0.15, -0.1) is 0 Å². The molecule has 0 heterocycles. The maximum atomic E-state index is 10.6. The number of rotatable bonds is 5. The third-order valence-electron chi connectivity index (χ3n) is 2.71. The van der Waals surface area contributed by atoms with E-state index < -0.39 is 0 Å². The standard InChI is InChI=1S/C13H20N2O/c1-10-5-4-6-13(11(10)2)9-14-7-8-15-12(3)16/h4-6,14H,7-9H2,1-3H3,(H,15,16). The topological polar surface area (TPSA) is 41.1 Å². The van der Waals surface area contributed by atoms with Crippen molar-refractivity contribution in [3.63, 3.8) is 0 Å². The monoisotopic (exact) mass is 220 g/mol. The van der Waals surface area contributed by atoms with Gasteiger partial charge in [-0.3, -0.25) is 4.79 Å². The summed E-state index contributed by atoms with van der Waals surface area (Å²) in [4.78, 5) is 10.6. The Balaban J connectivity index is 2.32. The van der Waals surface area contributed by atoms with Crippen molar-refractivity contribution in [2.45, 2.75) is 27.3 Å². The molecule has 16 heavy (non-hydrogen) atoms. The molecule has 0 spiro atoms. The van der Waals surface area contributed by atoms with Gasteiger partial charge in [0.1, 0.15) is 0 Å². The summed E-state index contributed by atoms with van der Waals surface area (Å²) in [6.07, 6.45) is 0. The number of nitrogens with one attached hydrogen (secondary N) is 2. The van der Waals surface area contributed by atoms with Crippen molar-refractivity contribution in [3.05, 3.63) is 34.9 Å². The molecule has 0 aliphatic rings. The molecule has 0 unspecified atom stereocenters. The van der Waals surface area contributed by atoms with E-state index in [4.69, 9.17) is 0 Å². The summed E-state index contributed by atoms with van der Waals surface area (Å²) in [6.45, 7) is 8.13. The zero-order valence-electron chi connectivity index (χ0n) is 10.3. The fourth-order valence-electron chi connectivity index (χ4n) is 1.55. The minimum Gasteiger partial charge on any atom is -0.355 e. The summed E-state index contributed by atoms with van der Waals surface area (Å²) in [6, 6.07) is 6.33. The number of carbonyl (C=O) groups excluding carboxylic acids is 1. The lowest BCUT2D eigenvalue weighted by Crippen LogP contribution is -2.30. The Morgan fingerprint density at radius 2 is 2.00 bits per heavy atom. The molecular weight excluding hydrogens is 200 g/mol. The lowest BCUT2D eigenvalue weighted by molar-refractivity contribution is -0.118. The van der Waals surface area contributed by atoms with Gasteiger partial charge < -0.3 is 10.6 Å². The van der Waals surface area contributed by atoms with Crippen LogP contribution in [0.1, 0.15) is 23.6 Å². The van der Waals surface area contributed by atoms with Gasteiger partial charge in [-0.1, -0.05) is 18.2 Å². The van der Waals surface area contributed by atoms with E-state index in [2.05, 4.69) is 42.7 Å². The Kier molecular flexibility index (Phi) is 4.99. The number of hydrogen-bond acceptors (Lipinski definition) is 2. The molecule has 0 radical (unpaired) electrons. The first-order valence-corrected chi connectivity index (χ1v) is 5.61. The zero-order chi connectivity index (χ0) is 12.0. The van der Waals surface area contributed by atoms with Crippen molar-refractivity contribution in [2.75, 3.05) is 13.1 Å². The van der Waals surface area contributed by atoms with Crippen LogP contribution in [0.2, 0.25) is 0 Å². The third-order valence-corrected chi connectivity index (χ3v) is 2.71. The van der Waals surface area contributed by atoms with Gasteiger partial charge in [0.25, 0.3) is 0 Å². The SMILES string of the molecule is CC(=O)NCCNCc1cccc(C)c1C. The van der Waals surface area contributed by atoms with Crippen LogP contribution in [0.5, 0.6) is 0 Å². The molecule has 1 aromatic rings. The normalized spacial score (nSPS) is 10.2. The molecule has 0 bridgehead atoms.